The van der Waals surface area contributed by atoms with Gasteiger partial charge in [-0.15, -0.1) is 0 Å². The minimum absolute atomic E-state index is 0.167. The van der Waals surface area contributed by atoms with E-state index in [0.29, 0.717) is 25.3 Å². The number of hydrogen-bond donors (Lipinski definition) is 0. The Hall–Kier alpha value is -1.92. The molecule has 21 heavy (non-hydrogen) atoms. The van der Waals surface area contributed by atoms with Gasteiger partial charge in [0.25, 0.3) is 5.91 Å². The molecule has 0 bridgehead atoms. The van der Waals surface area contributed by atoms with Crippen molar-refractivity contribution in [2.24, 2.45) is 0 Å². The molecule has 1 amide bonds. The molecular formula is C15H19NO5. The van der Waals surface area contributed by atoms with Crippen LogP contribution in [0.2, 0.25) is 0 Å². The number of morpholine rings is 1. The average Bonchev–Trinajstić information content (AvgIpc) is 2.54. The number of methoxy groups -OCH3 is 2. The fourth-order valence-corrected chi connectivity index (χ4v) is 2.25. The van der Waals surface area contributed by atoms with Crippen molar-refractivity contribution < 1.29 is 23.8 Å². The van der Waals surface area contributed by atoms with Gasteiger partial charge in [-0.1, -0.05) is 12.1 Å². The minimum atomic E-state index is -0.685. The zero-order chi connectivity index (χ0) is 15.2. The van der Waals surface area contributed by atoms with Crippen LogP contribution in [0.15, 0.2) is 24.3 Å². The van der Waals surface area contributed by atoms with Crippen LogP contribution in [0.3, 0.4) is 0 Å². The van der Waals surface area contributed by atoms with Crippen LogP contribution in [0.1, 0.15) is 15.9 Å². The lowest BCUT2D eigenvalue weighted by molar-refractivity contribution is -0.151. The highest BCUT2D eigenvalue weighted by atomic mass is 16.5. The SMILES string of the molecule is COCc1ccc(C(=O)N2CCOCC2C(=O)OC)cc1. The smallest absolute Gasteiger partial charge is 0.331 e. The van der Waals surface area contributed by atoms with Gasteiger partial charge in [-0.3, -0.25) is 4.79 Å². The van der Waals surface area contributed by atoms with Crippen LogP contribution in [0.25, 0.3) is 0 Å². The molecular weight excluding hydrogens is 274 g/mol. The van der Waals surface area contributed by atoms with Crippen LogP contribution in [0, 0.1) is 0 Å². The number of ether oxygens (including phenoxy) is 3. The van der Waals surface area contributed by atoms with Crippen molar-refractivity contribution in [3.05, 3.63) is 35.4 Å². The van der Waals surface area contributed by atoms with Gasteiger partial charge in [0.2, 0.25) is 0 Å². The Morgan fingerprint density at radius 1 is 1.29 bits per heavy atom. The summed E-state index contributed by atoms with van der Waals surface area (Å²) in [5.74, 6) is -0.656. The number of esters is 1. The van der Waals surface area contributed by atoms with Crippen LogP contribution in [-0.2, 0) is 25.6 Å². The number of rotatable bonds is 4. The van der Waals surface area contributed by atoms with Crippen LogP contribution in [-0.4, -0.2) is 56.8 Å². The molecule has 0 aromatic heterocycles. The molecule has 1 aliphatic rings. The van der Waals surface area contributed by atoms with Gasteiger partial charge >= 0.3 is 5.97 Å². The zero-order valence-corrected chi connectivity index (χ0v) is 12.2. The third kappa shape index (κ3) is 3.59. The first kappa shape index (κ1) is 15.5. The second-order valence-electron chi connectivity index (χ2n) is 4.74. The maximum atomic E-state index is 12.5. The molecule has 1 aromatic rings. The molecule has 1 aliphatic heterocycles. The van der Waals surface area contributed by atoms with Crippen molar-refractivity contribution in [1.29, 1.82) is 0 Å². The van der Waals surface area contributed by atoms with Crippen molar-refractivity contribution in [3.8, 4) is 0 Å². The summed E-state index contributed by atoms with van der Waals surface area (Å²) in [6, 6.07) is 6.46. The molecule has 1 heterocycles. The number of nitrogens with zero attached hydrogens (tertiary/aromatic N) is 1. The predicted octanol–water partition coefficient (Wildman–Crippen LogP) is 0.847. The van der Waals surface area contributed by atoms with E-state index in [2.05, 4.69) is 0 Å². The van der Waals surface area contributed by atoms with E-state index in [1.54, 1.807) is 19.2 Å². The molecule has 1 atom stereocenters. The van der Waals surface area contributed by atoms with Gasteiger partial charge in [0.15, 0.2) is 6.04 Å². The third-order valence-corrected chi connectivity index (χ3v) is 3.37. The van der Waals surface area contributed by atoms with E-state index in [1.165, 1.54) is 12.0 Å². The van der Waals surface area contributed by atoms with E-state index >= 15 is 0 Å². The minimum Gasteiger partial charge on any atom is -0.467 e. The summed E-state index contributed by atoms with van der Waals surface area (Å²) in [7, 11) is 2.92. The summed E-state index contributed by atoms with van der Waals surface area (Å²) in [5.41, 5.74) is 1.52. The third-order valence-electron chi connectivity index (χ3n) is 3.37. The molecule has 0 radical (unpaired) electrons. The van der Waals surface area contributed by atoms with Crippen LogP contribution >= 0.6 is 0 Å². The Kier molecular flexibility index (Phi) is 5.30. The van der Waals surface area contributed by atoms with E-state index in [4.69, 9.17) is 14.2 Å². The quantitative estimate of drug-likeness (QED) is 0.770. The van der Waals surface area contributed by atoms with Gasteiger partial charge in [0.1, 0.15) is 0 Å². The fraction of sp³-hybridized carbons (Fsp3) is 0.467. The van der Waals surface area contributed by atoms with E-state index in [1.807, 2.05) is 12.1 Å². The number of amides is 1. The summed E-state index contributed by atoms with van der Waals surface area (Å²) in [4.78, 5) is 25.8. The number of benzene rings is 1. The molecule has 1 fully saturated rings. The highest BCUT2D eigenvalue weighted by molar-refractivity contribution is 5.97. The van der Waals surface area contributed by atoms with Crippen LogP contribution in [0.5, 0.6) is 0 Å². The van der Waals surface area contributed by atoms with E-state index < -0.39 is 12.0 Å². The Bertz CT molecular complexity index is 499. The molecule has 2 rings (SSSR count). The van der Waals surface area contributed by atoms with Gasteiger partial charge in [-0.05, 0) is 17.7 Å². The summed E-state index contributed by atoms with van der Waals surface area (Å²) in [6.07, 6.45) is 0. The van der Waals surface area contributed by atoms with E-state index in [9.17, 15) is 9.59 Å². The molecule has 1 saturated heterocycles. The first-order valence-corrected chi connectivity index (χ1v) is 6.71. The van der Waals surface area contributed by atoms with Crippen molar-refractivity contribution in [1.82, 2.24) is 4.90 Å². The zero-order valence-electron chi connectivity index (χ0n) is 12.2. The molecule has 6 nitrogen and oxygen atoms in total. The molecule has 0 aliphatic carbocycles. The van der Waals surface area contributed by atoms with Crippen LogP contribution in [0.4, 0.5) is 0 Å². The Morgan fingerprint density at radius 2 is 2.00 bits per heavy atom. The second kappa shape index (κ2) is 7.19. The van der Waals surface area contributed by atoms with Gasteiger partial charge < -0.3 is 19.1 Å². The highest BCUT2D eigenvalue weighted by Gasteiger charge is 2.34. The largest absolute Gasteiger partial charge is 0.467 e. The van der Waals surface area contributed by atoms with Gasteiger partial charge in [0.05, 0.1) is 26.9 Å². The Morgan fingerprint density at radius 3 is 2.62 bits per heavy atom. The lowest BCUT2D eigenvalue weighted by Crippen LogP contribution is -2.53. The molecule has 1 aromatic carbocycles. The monoisotopic (exact) mass is 293 g/mol. The highest BCUT2D eigenvalue weighted by Crippen LogP contribution is 2.15. The molecule has 0 N–H and O–H groups in total. The number of carbonyl (C=O) groups excluding carboxylic acids is 2. The molecule has 1 unspecified atom stereocenters. The van der Waals surface area contributed by atoms with Crippen molar-refractivity contribution in [2.45, 2.75) is 12.6 Å². The topological polar surface area (TPSA) is 65.1 Å². The van der Waals surface area contributed by atoms with Gasteiger partial charge in [0, 0.05) is 19.2 Å². The lowest BCUT2D eigenvalue weighted by Gasteiger charge is -2.33. The average molecular weight is 293 g/mol. The summed E-state index contributed by atoms with van der Waals surface area (Å²) >= 11 is 0. The normalized spacial score (nSPS) is 18.4. The Balaban J connectivity index is 2.14. The molecule has 0 saturated carbocycles. The second-order valence-corrected chi connectivity index (χ2v) is 4.74. The lowest BCUT2D eigenvalue weighted by atomic mass is 10.1. The van der Waals surface area contributed by atoms with Gasteiger partial charge in [-0.2, -0.15) is 0 Å². The van der Waals surface area contributed by atoms with Gasteiger partial charge in [-0.25, -0.2) is 4.79 Å². The molecule has 6 heteroatoms. The molecule has 114 valence electrons. The van der Waals surface area contributed by atoms with E-state index in [-0.39, 0.29) is 12.5 Å². The predicted molar refractivity (Wildman–Crippen MR) is 74.8 cm³/mol. The maximum absolute atomic E-state index is 12.5. The summed E-state index contributed by atoms with van der Waals surface area (Å²) in [6.45, 7) is 1.45. The number of carbonyl (C=O) groups is 2. The summed E-state index contributed by atoms with van der Waals surface area (Å²) < 4.78 is 15.0. The summed E-state index contributed by atoms with van der Waals surface area (Å²) in [5, 5.41) is 0. The van der Waals surface area contributed by atoms with Crippen molar-refractivity contribution in [3.63, 3.8) is 0 Å². The van der Waals surface area contributed by atoms with Crippen molar-refractivity contribution >= 4 is 11.9 Å². The first-order valence-electron chi connectivity index (χ1n) is 6.71. The number of hydrogen-bond acceptors (Lipinski definition) is 5. The van der Waals surface area contributed by atoms with Crippen molar-refractivity contribution in [2.75, 3.05) is 34.0 Å². The first-order chi connectivity index (χ1) is 10.2. The standard InChI is InChI=1S/C15H19NO5/c1-19-9-11-3-5-12(6-4-11)14(17)16-7-8-21-10-13(16)15(18)20-2/h3-6,13H,7-10H2,1-2H3. The van der Waals surface area contributed by atoms with E-state index in [0.717, 1.165) is 5.56 Å². The Labute approximate surface area is 123 Å². The van der Waals surface area contributed by atoms with Crippen LogP contribution < -0.4 is 0 Å². The molecule has 0 spiro atoms. The fourth-order valence-electron chi connectivity index (χ4n) is 2.25. The maximum Gasteiger partial charge on any atom is 0.331 e.